The molecule has 2 aromatic rings. The van der Waals surface area contributed by atoms with Gasteiger partial charge in [0.2, 0.25) is 0 Å². The van der Waals surface area contributed by atoms with Crippen molar-refractivity contribution < 1.29 is 22.3 Å². The van der Waals surface area contributed by atoms with E-state index in [4.69, 9.17) is 10.5 Å². The standard InChI is InChI=1S/C23H25F4N3O3S/c1-9-15(14-8-11-7-10(3-6-13(11)34-14)20(28)23(25,26)27)17(24)19(33-2)16-18(9)30(12-4-5-12)22(32)29-21(16)31/h8,10,12,15,17,20H,3-7,28H2,1-2H3,(H,29,31,32). The van der Waals surface area contributed by atoms with Crippen LogP contribution in [0.4, 0.5) is 17.6 Å². The maximum absolute atomic E-state index is 15.9. The van der Waals surface area contributed by atoms with Crippen molar-refractivity contribution in [3.05, 3.63) is 52.8 Å². The lowest BCUT2D eigenvalue weighted by atomic mass is 9.82. The summed E-state index contributed by atoms with van der Waals surface area (Å²) in [5.41, 5.74) is 5.55. The minimum atomic E-state index is -4.47. The predicted molar refractivity (Wildman–Crippen MR) is 120 cm³/mol. The molecule has 4 unspecified atom stereocenters. The van der Waals surface area contributed by atoms with Gasteiger partial charge in [0.1, 0.15) is 17.0 Å². The number of nitrogens with zero attached hydrogens (tertiary/aromatic N) is 1. The Labute approximate surface area is 195 Å². The molecule has 5 rings (SSSR count). The molecule has 0 bridgehead atoms. The number of hydrogen-bond donors (Lipinski definition) is 2. The van der Waals surface area contributed by atoms with Crippen LogP contribution < -0.4 is 27.6 Å². The number of methoxy groups -OCH3 is 1. The van der Waals surface area contributed by atoms with Crippen LogP contribution in [0.1, 0.15) is 53.5 Å². The Morgan fingerprint density at radius 3 is 2.59 bits per heavy atom. The molecule has 1 saturated carbocycles. The highest BCUT2D eigenvalue weighted by Crippen LogP contribution is 2.44. The summed E-state index contributed by atoms with van der Waals surface area (Å²) in [6, 6.07) is -0.203. The van der Waals surface area contributed by atoms with Crippen LogP contribution in [0.5, 0.6) is 0 Å². The molecular weight excluding hydrogens is 474 g/mol. The van der Waals surface area contributed by atoms with Crippen LogP contribution in [0.3, 0.4) is 0 Å². The third-order valence-electron chi connectivity index (χ3n) is 7.24. The Morgan fingerprint density at radius 2 is 1.97 bits per heavy atom. The van der Waals surface area contributed by atoms with Crippen LogP contribution in [0.25, 0.3) is 11.3 Å². The lowest BCUT2D eigenvalue weighted by Crippen LogP contribution is -2.58. The number of nitrogens with one attached hydrogen (secondary N) is 1. The van der Waals surface area contributed by atoms with Crippen molar-refractivity contribution in [1.82, 2.24) is 9.55 Å². The lowest BCUT2D eigenvalue weighted by molar-refractivity contribution is -0.159. The second-order valence-electron chi connectivity index (χ2n) is 9.38. The lowest BCUT2D eigenvalue weighted by Gasteiger charge is -2.28. The van der Waals surface area contributed by atoms with Crippen molar-refractivity contribution >= 4 is 22.7 Å². The van der Waals surface area contributed by atoms with Crippen molar-refractivity contribution in [3.8, 4) is 0 Å². The molecule has 0 saturated heterocycles. The number of nitrogens with two attached hydrogens (primary N) is 1. The average molecular weight is 500 g/mol. The third-order valence-corrected chi connectivity index (χ3v) is 8.56. The number of alkyl halides is 4. The number of aromatic amines is 1. The predicted octanol–water partition coefficient (Wildman–Crippen LogP) is 1.99. The van der Waals surface area contributed by atoms with Crippen molar-refractivity contribution in [3.63, 3.8) is 0 Å². The fourth-order valence-electron chi connectivity index (χ4n) is 5.38. The molecule has 1 fully saturated rings. The molecule has 3 aliphatic carbocycles. The average Bonchev–Trinajstić information content (AvgIpc) is 3.51. The number of halogens is 4. The fourth-order valence-corrected chi connectivity index (χ4v) is 6.78. The van der Waals surface area contributed by atoms with Crippen LogP contribution >= 0.6 is 11.3 Å². The van der Waals surface area contributed by atoms with E-state index >= 15 is 4.39 Å². The van der Waals surface area contributed by atoms with Gasteiger partial charge in [-0.3, -0.25) is 14.3 Å². The number of H-pyrrole nitrogens is 1. The van der Waals surface area contributed by atoms with Gasteiger partial charge in [0.15, 0.2) is 6.17 Å². The maximum Gasteiger partial charge on any atom is 0.403 e. The Hall–Kier alpha value is -2.40. The zero-order valence-corrected chi connectivity index (χ0v) is 19.5. The first kappa shape index (κ1) is 23.3. The molecule has 11 heteroatoms. The summed E-state index contributed by atoms with van der Waals surface area (Å²) in [7, 11) is 1.29. The monoisotopic (exact) mass is 499 g/mol. The highest BCUT2D eigenvalue weighted by molar-refractivity contribution is 7.12. The van der Waals surface area contributed by atoms with E-state index < -0.39 is 41.5 Å². The molecular formula is C23H25F4N3O3S. The van der Waals surface area contributed by atoms with Gasteiger partial charge in [-0.15, -0.1) is 11.3 Å². The molecule has 0 aromatic carbocycles. The van der Waals surface area contributed by atoms with E-state index in [1.807, 2.05) is 0 Å². The van der Waals surface area contributed by atoms with E-state index in [9.17, 15) is 22.8 Å². The number of rotatable bonds is 4. The molecule has 0 spiro atoms. The summed E-state index contributed by atoms with van der Waals surface area (Å²) in [6.45, 7) is 1.71. The molecule has 4 atom stereocenters. The van der Waals surface area contributed by atoms with Crippen LogP contribution in [0, 0.1) is 5.92 Å². The maximum atomic E-state index is 15.9. The molecule has 0 amide bonds. The second kappa shape index (κ2) is 8.08. The van der Waals surface area contributed by atoms with Crippen LogP contribution in [0.2, 0.25) is 0 Å². The van der Waals surface area contributed by atoms with Crippen LogP contribution in [0.15, 0.2) is 15.7 Å². The van der Waals surface area contributed by atoms with Gasteiger partial charge in [-0.2, -0.15) is 13.2 Å². The van der Waals surface area contributed by atoms with Gasteiger partial charge in [0.05, 0.1) is 18.4 Å². The quantitative estimate of drug-likeness (QED) is 0.630. The van der Waals surface area contributed by atoms with Gasteiger partial charge in [-0.1, -0.05) is 0 Å². The first-order valence-electron chi connectivity index (χ1n) is 11.2. The van der Waals surface area contributed by atoms with Crippen molar-refractivity contribution in [2.75, 3.05) is 7.11 Å². The summed E-state index contributed by atoms with van der Waals surface area (Å²) < 4.78 is 62.2. The highest BCUT2D eigenvalue weighted by Gasteiger charge is 2.44. The van der Waals surface area contributed by atoms with Crippen LogP contribution in [-0.4, -0.2) is 35.1 Å². The van der Waals surface area contributed by atoms with Gasteiger partial charge in [0.25, 0.3) is 5.56 Å². The fraction of sp³-hybridized carbons (Fsp3) is 0.565. The molecule has 34 heavy (non-hydrogen) atoms. The first-order valence-corrected chi connectivity index (χ1v) is 12.1. The number of aromatic nitrogens is 2. The van der Waals surface area contributed by atoms with Gasteiger partial charge >= 0.3 is 11.9 Å². The molecule has 2 heterocycles. The smallest absolute Gasteiger partial charge is 0.403 e. The zero-order chi connectivity index (χ0) is 24.5. The highest BCUT2D eigenvalue weighted by atomic mass is 32.1. The normalized spacial score (nSPS) is 25.7. The molecule has 184 valence electrons. The third kappa shape index (κ3) is 3.64. The Morgan fingerprint density at radius 1 is 1.26 bits per heavy atom. The largest absolute Gasteiger partial charge is 0.497 e. The van der Waals surface area contributed by atoms with Crippen molar-refractivity contribution in [1.29, 1.82) is 0 Å². The van der Waals surface area contributed by atoms with Gasteiger partial charge in [-0.05, 0) is 62.1 Å². The van der Waals surface area contributed by atoms with Crippen molar-refractivity contribution in [2.24, 2.45) is 11.7 Å². The second-order valence-corrected chi connectivity index (χ2v) is 10.6. The summed E-state index contributed by atoms with van der Waals surface area (Å²) >= 11 is 1.37. The summed E-state index contributed by atoms with van der Waals surface area (Å²) in [5, 5.41) is 0.420. The Balaban J connectivity index is 1.64. The van der Waals surface area contributed by atoms with E-state index in [-0.39, 0.29) is 23.4 Å². The SMILES string of the molecule is COC1=c2c(=O)[nH]c(=O)n(C3CC3)c2=C(C)C(c2cc3c(s2)CCC(C(N)C(F)(F)F)C3)C1F. The molecule has 2 aromatic heterocycles. The molecule has 6 nitrogen and oxygen atoms in total. The van der Waals surface area contributed by atoms with Gasteiger partial charge in [-0.25, -0.2) is 9.18 Å². The molecule has 3 aliphatic rings. The van der Waals surface area contributed by atoms with E-state index in [1.165, 1.54) is 23.0 Å². The van der Waals surface area contributed by atoms with E-state index in [0.29, 0.717) is 28.6 Å². The number of aryl methyl sites for hydroxylation is 1. The first-order chi connectivity index (χ1) is 16.0. The minimum absolute atomic E-state index is 0.0350. The Bertz CT molecular complexity index is 1390. The summed E-state index contributed by atoms with van der Waals surface area (Å²) in [6.07, 6.45) is -3.63. The van der Waals surface area contributed by atoms with E-state index in [2.05, 4.69) is 4.98 Å². The van der Waals surface area contributed by atoms with Crippen LogP contribution in [-0.2, 0) is 17.6 Å². The van der Waals surface area contributed by atoms with E-state index in [0.717, 1.165) is 23.3 Å². The minimum Gasteiger partial charge on any atom is -0.497 e. The molecule has 0 aliphatic heterocycles. The number of ether oxygens (including phenoxy) is 1. The van der Waals surface area contributed by atoms with Gasteiger partial charge in [0, 0.05) is 15.8 Å². The summed E-state index contributed by atoms with van der Waals surface area (Å²) in [4.78, 5) is 29.2. The van der Waals surface area contributed by atoms with Crippen molar-refractivity contribution in [2.45, 2.75) is 69.4 Å². The number of hydrogen-bond acceptors (Lipinski definition) is 5. The molecule has 0 radical (unpaired) electrons. The summed E-state index contributed by atoms with van der Waals surface area (Å²) in [5.74, 6) is -1.67. The van der Waals surface area contributed by atoms with E-state index in [1.54, 1.807) is 13.0 Å². The Kier molecular flexibility index (Phi) is 5.55. The number of thiophene rings is 1. The topological polar surface area (TPSA) is 90.1 Å². The van der Waals surface area contributed by atoms with Gasteiger partial charge < -0.3 is 10.5 Å². The molecule has 3 N–H and O–H groups in total. The zero-order valence-electron chi connectivity index (χ0n) is 18.7. The number of fused-ring (bicyclic) bond motifs is 2.